The van der Waals surface area contributed by atoms with E-state index in [1.807, 2.05) is 24.3 Å². The molecule has 0 spiro atoms. The first-order valence-electron chi connectivity index (χ1n) is 6.39. The van der Waals surface area contributed by atoms with Gasteiger partial charge in [0.05, 0.1) is 0 Å². The Balaban J connectivity index is 2.53. The Labute approximate surface area is 113 Å². The molecule has 1 aromatic rings. The summed E-state index contributed by atoms with van der Waals surface area (Å²) in [7, 11) is 0. The first-order chi connectivity index (χ1) is 8.99. The molecule has 0 aliphatic rings. The lowest BCUT2D eigenvalue weighted by atomic mass is 10.0. The summed E-state index contributed by atoms with van der Waals surface area (Å²) in [5.74, 6) is 0.346. The molecule has 0 unspecified atom stereocenters. The highest BCUT2D eigenvalue weighted by Gasteiger charge is 2.04. The monoisotopic (exact) mass is 260 g/mol. The maximum atomic E-state index is 11.8. The van der Waals surface area contributed by atoms with Gasteiger partial charge in [0.1, 0.15) is 0 Å². The van der Waals surface area contributed by atoms with Crippen LogP contribution >= 0.6 is 0 Å². The van der Waals surface area contributed by atoms with E-state index in [1.165, 1.54) is 18.7 Å². The van der Waals surface area contributed by atoms with Gasteiger partial charge in [-0.3, -0.25) is 9.59 Å². The molecular weight excluding hydrogens is 240 g/mol. The molecule has 19 heavy (non-hydrogen) atoms. The minimum absolute atomic E-state index is 0.00908. The van der Waals surface area contributed by atoms with E-state index in [1.54, 1.807) is 0 Å². The van der Waals surface area contributed by atoms with Crippen LogP contribution in [0.1, 0.15) is 43.1 Å². The van der Waals surface area contributed by atoms with Gasteiger partial charge in [-0.05, 0) is 17.9 Å². The maximum absolute atomic E-state index is 11.8. The van der Waals surface area contributed by atoms with Gasteiger partial charge < -0.3 is 0 Å². The summed E-state index contributed by atoms with van der Waals surface area (Å²) in [6.45, 7) is 5.70. The van der Waals surface area contributed by atoms with Crippen LogP contribution < -0.4 is 5.43 Å². The lowest BCUT2D eigenvalue weighted by molar-refractivity contribution is -0.118. The fraction of sp³-hybridized carbons (Fsp3) is 0.400. The Morgan fingerprint density at radius 1 is 1.26 bits per heavy atom. The van der Waals surface area contributed by atoms with Gasteiger partial charge in [0.25, 0.3) is 0 Å². The quantitative estimate of drug-likeness (QED) is 0.485. The highest BCUT2D eigenvalue weighted by atomic mass is 16.2. The summed E-state index contributed by atoms with van der Waals surface area (Å²) in [4.78, 5) is 22.4. The number of hydrogen-bond donors (Lipinski definition) is 1. The predicted molar refractivity (Wildman–Crippen MR) is 76.2 cm³/mol. The van der Waals surface area contributed by atoms with Crippen molar-refractivity contribution in [1.29, 1.82) is 0 Å². The SMILES string of the molecule is CC(=O)NN=CCC(=O)c1ccc(CC(C)C)cc1. The van der Waals surface area contributed by atoms with Gasteiger partial charge in [-0.15, -0.1) is 0 Å². The van der Waals surface area contributed by atoms with E-state index in [2.05, 4.69) is 24.4 Å². The molecule has 0 fully saturated rings. The van der Waals surface area contributed by atoms with Gasteiger partial charge in [-0.2, -0.15) is 5.10 Å². The van der Waals surface area contributed by atoms with E-state index in [9.17, 15) is 9.59 Å². The third-order valence-corrected chi connectivity index (χ3v) is 2.51. The minimum Gasteiger partial charge on any atom is -0.294 e. The molecule has 102 valence electrons. The molecule has 0 bridgehead atoms. The first kappa shape index (κ1) is 15.1. The van der Waals surface area contributed by atoms with E-state index in [4.69, 9.17) is 0 Å². The van der Waals surface area contributed by atoms with Crippen LogP contribution in [0, 0.1) is 5.92 Å². The summed E-state index contributed by atoms with van der Waals surface area (Å²) in [5, 5.41) is 3.65. The van der Waals surface area contributed by atoms with Crippen molar-refractivity contribution in [2.75, 3.05) is 0 Å². The molecule has 1 rings (SSSR count). The molecule has 0 radical (unpaired) electrons. The zero-order chi connectivity index (χ0) is 14.3. The molecule has 1 aromatic carbocycles. The number of carbonyl (C=O) groups excluding carboxylic acids is 2. The second-order valence-electron chi connectivity index (χ2n) is 4.90. The second-order valence-corrected chi connectivity index (χ2v) is 4.90. The number of nitrogens with zero attached hydrogens (tertiary/aromatic N) is 1. The zero-order valence-electron chi connectivity index (χ0n) is 11.6. The average molecular weight is 260 g/mol. The third kappa shape index (κ3) is 5.95. The smallest absolute Gasteiger partial charge is 0.236 e. The summed E-state index contributed by atoms with van der Waals surface area (Å²) >= 11 is 0. The van der Waals surface area contributed by atoms with Gasteiger partial charge >= 0.3 is 0 Å². The van der Waals surface area contributed by atoms with Crippen molar-refractivity contribution in [1.82, 2.24) is 5.43 Å². The first-order valence-corrected chi connectivity index (χ1v) is 6.39. The Bertz CT molecular complexity index is 462. The van der Waals surface area contributed by atoms with Crippen LogP contribution in [0.5, 0.6) is 0 Å². The van der Waals surface area contributed by atoms with Crippen molar-refractivity contribution in [2.45, 2.75) is 33.6 Å². The summed E-state index contributed by atoms with van der Waals surface area (Å²) in [5.41, 5.74) is 4.16. The van der Waals surface area contributed by atoms with E-state index >= 15 is 0 Å². The lowest BCUT2D eigenvalue weighted by Crippen LogP contribution is -2.12. The minimum atomic E-state index is -0.248. The van der Waals surface area contributed by atoms with Crippen LogP contribution in [-0.4, -0.2) is 17.9 Å². The number of nitrogens with one attached hydrogen (secondary N) is 1. The van der Waals surface area contributed by atoms with Crippen LogP contribution in [0.2, 0.25) is 0 Å². The highest BCUT2D eigenvalue weighted by Crippen LogP contribution is 2.10. The molecule has 0 saturated heterocycles. The van der Waals surface area contributed by atoms with Gasteiger partial charge in [-0.25, -0.2) is 5.43 Å². The van der Waals surface area contributed by atoms with Crippen molar-refractivity contribution in [3.63, 3.8) is 0 Å². The number of benzene rings is 1. The Kier molecular flexibility index (Phi) is 5.93. The highest BCUT2D eigenvalue weighted by molar-refractivity contribution is 6.03. The average Bonchev–Trinajstić information content (AvgIpc) is 2.34. The second kappa shape index (κ2) is 7.46. The Hall–Kier alpha value is -1.97. The molecule has 0 saturated carbocycles. The van der Waals surface area contributed by atoms with Crippen LogP contribution in [0.3, 0.4) is 0 Å². The van der Waals surface area contributed by atoms with Crippen molar-refractivity contribution < 1.29 is 9.59 Å². The van der Waals surface area contributed by atoms with Gasteiger partial charge in [0, 0.05) is 25.1 Å². The van der Waals surface area contributed by atoms with E-state index < -0.39 is 0 Å². The fourth-order valence-electron chi connectivity index (χ4n) is 1.68. The number of rotatable bonds is 6. The number of ketones is 1. The van der Waals surface area contributed by atoms with Gasteiger partial charge in [-0.1, -0.05) is 38.1 Å². The molecule has 0 aliphatic carbocycles. The topological polar surface area (TPSA) is 58.5 Å². The van der Waals surface area contributed by atoms with Crippen molar-refractivity contribution >= 4 is 17.9 Å². The van der Waals surface area contributed by atoms with E-state index in [0.717, 1.165) is 6.42 Å². The van der Waals surface area contributed by atoms with Crippen LogP contribution in [0.25, 0.3) is 0 Å². The van der Waals surface area contributed by atoms with Gasteiger partial charge in [0.2, 0.25) is 5.91 Å². The van der Waals surface area contributed by atoms with Crippen molar-refractivity contribution in [3.8, 4) is 0 Å². The summed E-state index contributed by atoms with van der Waals surface area (Å²) in [6.07, 6.45) is 2.61. The van der Waals surface area contributed by atoms with Crippen molar-refractivity contribution in [2.24, 2.45) is 11.0 Å². The fourth-order valence-corrected chi connectivity index (χ4v) is 1.68. The summed E-state index contributed by atoms with van der Waals surface area (Å²) in [6, 6.07) is 7.65. The number of amides is 1. The molecule has 1 amide bonds. The normalized spacial score (nSPS) is 10.9. The number of hydrazone groups is 1. The standard InChI is InChI=1S/C15H20N2O2/c1-11(2)10-13-4-6-14(7-5-13)15(19)8-9-16-17-12(3)18/h4-7,9,11H,8,10H2,1-3H3,(H,17,18). The molecule has 0 aliphatic heterocycles. The Morgan fingerprint density at radius 3 is 2.42 bits per heavy atom. The molecule has 4 heteroatoms. The number of Topliss-reactive ketones (excluding diaryl/α,β-unsaturated/α-hetero) is 1. The molecular formula is C15H20N2O2. The molecule has 0 heterocycles. The lowest BCUT2D eigenvalue weighted by Gasteiger charge is -2.05. The van der Waals surface area contributed by atoms with Crippen molar-refractivity contribution in [3.05, 3.63) is 35.4 Å². The largest absolute Gasteiger partial charge is 0.294 e. The molecule has 0 atom stereocenters. The number of carbonyl (C=O) groups is 2. The van der Waals surface area contributed by atoms with E-state index in [0.29, 0.717) is 11.5 Å². The molecule has 0 aromatic heterocycles. The number of hydrogen-bond acceptors (Lipinski definition) is 3. The van der Waals surface area contributed by atoms with Crippen LogP contribution in [-0.2, 0) is 11.2 Å². The maximum Gasteiger partial charge on any atom is 0.236 e. The van der Waals surface area contributed by atoms with Crippen LogP contribution in [0.15, 0.2) is 29.4 Å². The van der Waals surface area contributed by atoms with Crippen LogP contribution in [0.4, 0.5) is 0 Å². The summed E-state index contributed by atoms with van der Waals surface area (Å²) < 4.78 is 0. The van der Waals surface area contributed by atoms with E-state index in [-0.39, 0.29) is 18.1 Å². The predicted octanol–water partition coefficient (Wildman–Crippen LogP) is 2.58. The van der Waals surface area contributed by atoms with Gasteiger partial charge in [0.15, 0.2) is 5.78 Å². The third-order valence-electron chi connectivity index (χ3n) is 2.51. The molecule has 4 nitrogen and oxygen atoms in total. The Morgan fingerprint density at radius 2 is 1.89 bits per heavy atom. The molecule has 1 N–H and O–H groups in total. The zero-order valence-corrected chi connectivity index (χ0v) is 11.6.